The first kappa shape index (κ1) is 11.8. The molecular formula is C7H13N3O2S. The molecule has 0 radical (unpaired) electrons. The van der Waals surface area contributed by atoms with Gasteiger partial charge in [-0.25, -0.2) is 9.79 Å². The Balaban J connectivity index is 3.95. The van der Waals surface area contributed by atoms with E-state index in [0.717, 1.165) is 13.1 Å². The van der Waals surface area contributed by atoms with Gasteiger partial charge >= 0.3 is 6.09 Å². The molecule has 0 fully saturated rings. The highest BCUT2D eigenvalue weighted by atomic mass is 32.1. The monoisotopic (exact) mass is 203 g/mol. The van der Waals surface area contributed by atoms with E-state index in [9.17, 15) is 4.79 Å². The van der Waals surface area contributed by atoms with Gasteiger partial charge in [0.15, 0.2) is 0 Å². The highest BCUT2D eigenvalue weighted by Gasteiger charge is 1.97. The summed E-state index contributed by atoms with van der Waals surface area (Å²) in [5, 5.41) is 10.2. The van der Waals surface area contributed by atoms with Crippen LogP contribution in [0.1, 0.15) is 13.8 Å². The van der Waals surface area contributed by atoms with Crippen molar-refractivity contribution >= 4 is 29.8 Å². The summed E-state index contributed by atoms with van der Waals surface area (Å²) < 4.78 is 0. The van der Waals surface area contributed by atoms with Gasteiger partial charge in [0.2, 0.25) is 5.11 Å². The topological polar surface area (TPSA) is 64.9 Å². The molecule has 0 aliphatic carbocycles. The molecule has 6 heteroatoms. The second-order valence-corrected chi connectivity index (χ2v) is 2.59. The number of carboxylic acid groups (broad SMARTS) is 1. The molecule has 0 saturated carbocycles. The number of thiocarbonyl (C=S) groups is 1. The first-order chi connectivity index (χ1) is 6.10. The van der Waals surface area contributed by atoms with E-state index >= 15 is 0 Å². The number of hydrogen-bond acceptors (Lipinski definition) is 2. The molecule has 74 valence electrons. The SMILES string of the molecule is CCN(C=NC(=S)NC(=O)O)CC. The van der Waals surface area contributed by atoms with Gasteiger partial charge in [0, 0.05) is 13.1 Å². The molecule has 5 nitrogen and oxygen atoms in total. The minimum Gasteiger partial charge on any atom is -0.465 e. The van der Waals surface area contributed by atoms with E-state index in [4.69, 9.17) is 5.11 Å². The van der Waals surface area contributed by atoms with Crippen LogP contribution in [-0.4, -0.2) is 40.6 Å². The zero-order chi connectivity index (χ0) is 10.3. The average molecular weight is 203 g/mol. The first-order valence-electron chi connectivity index (χ1n) is 3.92. The van der Waals surface area contributed by atoms with Crippen LogP contribution < -0.4 is 5.32 Å². The molecule has 0 rings (SSSR count). The van der Waals surface area contributed by atoms with Gasteiger partial charge in [-0.1, -0.05) is 0 Å². The summed E-state index contributed by atoms with van der Waals surface area (Å²) in [6.45, 7) is 5.58. The number of hydrogen-bond donors (Lipinski definition) is 2. The van der Waals surface area contributed by atoms with E-state index in [2.05, 4.69) is 17.2 Å². The minimum absolute atomic E-state index is 0.0422. The van der Waals surface area contributed by atoms with E-state index in [1.807, 2.05) is 24.1 Å². The molecule has 13 heavy (non-hydrogen) atoms. The largest absolute Gasteiger partial charge is 0.465 e. The minimum atomic E-state index is -1.19. The highest BCUT2D eigenvalue weighted by molar-refractivity contribution is 7.80. The van der Waals surface area contributed by atoms with Crippen molar-refractivity contribution in [2.75, 3.05) is 13.1 Å². The smallest absolute Gasteiger partial charge is 0.410 e. The van der Waals surface area contributed by atoms with Gasteiger partial charge in [0.25, 0.3) is 0 Å². The van der Waals surface area contributed by atoms with Crippen molar-refractivity contribution < 1.29 is 9.90 Å². The first-order valence-corrected chi connectivity index (χ1v) is 4.33. The summed E-state index contributed by atoms with van der Waals surface area (Å²) in [7, 11) is 0. The van der Waals surface area contributed by atoms with Gasteiger partial charge in [0.05, 0.1) is 6.34 Å². The lowest BCUT2D eigenvalue weighted by atomic mass is 10.6. The molecule has 0 atom stereocenters. The van der Waals surface area contributed by atoms with Crippen molar-refractivity contribution in [1.29, 1.82) is 0 Å². The molecule has 0 aromatic heterocycles. The van der Waals surface area contributed by atoms with Crippen molar-refractivity contribution in [1.82, 2.24) is 10.2 Å². The third-order valence-corrected chi connectivity index (χ3v) is 1.57. The zero-order valence-electron chi connectivity index (χ0n) is 7.65. The van der Waals surface area contributed by atoms with Crippen molar-refractivity contribution in [2.45, 2.75) is 13.8 Å². The molecule has 0 unspecified atom stereocenters. The van der Waals surface area contributed by atoms with Crippen LogP contribution >= 0.6 is 12.2 Å². The normalized spacial score (nSPS) is 10.0. The maximum Gasteiger partial charge on any atom is 0.410 e. The number of rotatable bonds is 3. The van der Waals surface area contributed by atoms with Crippen LogP contribution in [0.15, 0.2) is 4.99 Å². The van der Waals surface area contributed by atoms with Crippen molar-refractivity contribution in [3.63, 3.8) is 0 Å². The van der Waals surface area contributed by atoms with Gasteiger partial charge in [0.1, 0.15) is 0 Å². The summed E-state index contributed by atoms with van der Waals surface area (Å²) in [4.78, 5) is 15.8. The van der Waals surface area contributed by atoms with E-state index in [-0.39, 0.29) is 5.11 Å². The van der Waals surface area contributed by atoms with Crippen molar-refractivity contribution in [3.8, 4) is 0 Å². The van der Waals surface area contributed by atoms with Crippen LogP contribution in [0.5, 0.6) is 0 Å². The predicted molar refractivity (Wildman–Crippen MR) is 55.2 cm³/mol. The number of amides is 1. The quantitative estimate of drug-likeness (QED) is 0.406. The molecule has 0 spiro atoms. The molecule has 0 aliphatic heterocycles. The fraction of sp³-hybridized carbons (Fsp3) is 0.571. The molecule has 1 amide bonds. The summed E-state index contributed by atoms with van der Waals surface area (Å²) in [6.07, 6.45) is 0.333. The third kappa shape index (κ3) is 6.03. The van der Waals surface area contributed by atoms with Crippen LogP contribution in [0.25, 0.3) is 0 Å². The van der Waals surface area contributed by atoms with Crippen molar-refractivity contribution in [3.05, 3.63) is 0 Å². The Hall–Kier alpha value is -1.17. The summed E-state index contributed by atoms with van der Waals surface area (Å²) in [5.74, 6) is 0. The lowest BCUT2D eigenvalue weighted by molar-refractivity contribution is 0.200. The zero-order valence-corrected chi connectivity index (χ0v) is 8.47. The Kier molecular flexibility index (Phi) is 5.79. The summed E-state index contributed by atoms with van der Waals surface area (Å²) in [6, 6.07) is 0. The van der Waals surface area contributed by atoms with E-state index in [0.29, 0.717) is 0 Å². The van der Waals surface area contributed by atoms with Crippen molar-refractivity contribution in [2.24, 2.45) is 4.99 Å². The van der Waals surface area contributed by atoms with Crippen LogP contribution in [0.3, 0.4) is 0 Å². The predicted octanol–water partition coefficient (Wildman–Crippen LogP) is 0.909. The van der Waals surface area contributed by atoms with E-state index in [1.54, 1.807) is 0 Å². The van der Waals surface area contributed by atoms with Crippen LogP contribution in [0.4, 0.5) is 4.79 Å². The lowest BCUT2D eigenvalue weighted by Gasteiger charge is -2.13. The van der Waals surface area contributed by atoms with Gasteiger partial charge < -0.3 is 10.0 Å². The van der Waals surface area contributed by atoms with Crippen LogP contribution in [0, 0.1) is 0 Å². The maximum atomic E-state index is 10.1. The average Bonchev–Trinajstić information content (AvgIpc) is 2.05. The molecular weight excluding hydrogens is 190 g/mol. The van der Waals surface area contributed by atoms with E-state index < -0.39 is 6.09 Å². The van der Waals surface area contributed by atoms with Gasteiger partial charge in [-0.05, 0) is 26.1 Å². The van der Waals surface area contributed by atoms with Crippen LogP contribution in [0.2, 0.25) is 0 Å². The molecule has 0 aromatic rings. The Bertz CT molecular complexity index is 214. The summed E-state index contributed by atoms with van der Waals surface area (Å²) in [5.41, 5.74) is 0. The van der Waals surface area contributed by atoms with Gasteiger partial charge in [-0.2, -0.15) is 0 Å². The van der Waals surface area contributed by atoms with Gasteiger partial charge in [-0.3, -0.25) is 5.32 Å². The van der Waals surface area contributed by atoms with E-state index in [1.165, 1.54) is 6.34 Å². The fourth-order valence-corrected chi connectivity index (χ4v) is 0.779. The maximum absolute atomic E-state index is 10.1. The Morgan fingerprint density at radius 2 is 2.15 bits per heavy atom. The lowest BCUT2D eigenvalue weighted by Crippen LogP contribution is -2.27. The Morgan fingerprint density at radius 1 is 1.62 bits per heavy atom. The Labute approximate surface area is 82.4 Å². The highest BCUT2D eigenvalue weighted by Crippen LogP contribution is 1.82. The van der Waals surface area contributed by atoms with Crippen LogP contribution in [-0.2, 0) is 0 Å². The molecule has 0 aliphatic rings. The number of aliphatic imine (C=N–C) groups is 1. The standard InChI is InChI=1S/C7H13N3O2S/c1-3-10(4-2)5-8-6(13)9-7(11)12/h5H,3-4H2,1-2H3,(H,9,13)(H,11,12). The number of nitrogens with zero attached hydrogens (tertiary/aromatic N) is 2. The second kappa shape index (κ2) is 6.36. The number of nitrogens with one attached hydrogen (secondary N) is 1. The number of carbonyl (C=O) groups is 1. The second-order valence-electron chi connectivity index (χ2n) is 2.20. The molecule has 0 saturated heterocycles. The molecule has 2 N–H and O–H groups in total. The molecule has 0 heterocycles. The molecule has 0 aromatic carbocycles. The van der Waals surface area contributed by atoms with Gasteiger partial charge in [-0.15, -0.1) is 0 Å². The Morgan fingerprint density at radius 3 is 2.54 bits per heavy atom. The fourth-order valence-electron chi connectivity index (χ4n) is 0.645. The molecule has 0 bridgehead atoms. The summed E-state index contributed by atoms with van der Waals surface area (Å²) >= 11 is 4.63. The third-order valence-electron chi connectivity index (χ3n) is 1.36.